The molecule has 0 spiro atoms. The number of carbonyl (C=O) groups excluding carboxylic acids is 2. The molecule has 2 aromatic rings. The molecule has 132 valence electrons. The topological polar surface area (TPSA) is 54.3 Å². The summed E-state index contributed by atoms with van der Waals surface area (Å²) in [5.41, 5.74) is 2.76. The molecule has 25 heavy (non-hydrogen) atoms. The second-order valence-electron chi connectivity index (χ2n) is 6.51. The van der Waals surface area contributed by atoms with Crippen LogP contribution in [-0.2, 0) is 11.8 Å². The number of hydrogen-bond acceptors (Lipinski definition) is 2. The molecule has 0 radical (unpaired) electrons. The summed E-state index contributed by atoms with van der Waals surface area (Å²) in [4.78, 5) is 26.9. The molecule has 1 aliphatic rings. The highest BCUT2D eigenvalue weighted by Crippen LogP contribution is 2.24. The third-order valence-electron chi connectivity index (χ3n) is 4.84. The first-order valence-electron chi connectivity index (χ1n) is 8.90. The highest BCUT2D eigenvalue weighted by molar-refractivity contribution is 5.94. The lowest BCUT2D eigenvalue weighted by Crippen LogP contribution is -2.45. The Balaban J connectivity index is 1.77. The van der Waals surface area contributed by atoms with E-state index < -0.39 is 0 Å². The summed E-state index contributed by atoms with van der Waals surface area (Å²) < 4.78 is 1.94. The fourth-order valence-electron chi connectivity index (χ4n) is 3.48. The van der Waals surface area contributed by atoms with Crippen LogP contribution in [0.15, 0.2) is 42.5 Å². The number of rotatable bonds is 4. The van der Waals surface area contributed by atoms with Crippen LogP contribution in [0.3, 0.4) is 0 Å². The van der Waals surface area contributed by atoms with Gasteiger partial charge in [0.2, 0.25) is 5.91 Å². The quantitative estimate of drug-likeness (QED) is 0.931. The highest BCUT2D eigenvalue weighted by atomic mass is 16.2. The summed E-state index contributed by atoms with van der Waals surface area (Å²) in [5.74, 6) is -0.0537. The van der Waals surface area contributed by atoms with E-state index in [2.05, 4.69) is 5.32 Å². The normalized spacial score (nSPS) is 17.4. The highest BCUT2D eigenvalue weighted by Gasteiger charge is 2.29. The molecule has 1 unspecified atom stereocenters. The van der Waals surface area contributed by atoms with Crippen molar-refractivity contribution in [2.75, 3.05) is 19.6 Å². The Hall–Kier alpha value is -2.56. The van der Waals surface area contributed by atoms with Crippen LogP contribution in [0.1, 0.15) is 30.3 Å². The molecular weight excluding hydrogens is 314 g/mol. The number of nitrogens with one attached hydrogen (secondary N) is 1. The van der Waals surface area contributed by atoms with E-state index in [1.54, 1.807) is 0 Å². The van der Waals surface area contributed by atoms with Crippen LogP contribution in [0, 0.1) is 5.92 Å². The van der Waals surface area contributed by atoms with E-state index >= 15 is 0 Å². The zero-order valence-corrected chi connectivity index (χ0v) is 14.9. The maximum absolute atomic E-state index is 13.0. The van der Waals surface area contributed by atoms with Gasteiger partial charge in [0.15, 0.2) is 0 Å². The number of aromatic nitrogens is 1. The van der Waals surface area contributed by atoms with Gasteiger partial charge < -0.3 is 14.8 Å². The molecule has 0 aliphatic carbocycles. The molecular formula is C20H25N3O2. The fourth-order valence-corrected chi connectivity index (χ4v) is 3.48. The van der Waals surface area contributed by atoms with Gasteiger partial charge in [0.05, 0.1) is 5.92 Å². The number of carbonyl (C=O) groups is 2. The second kappa shape index (κ2) is 7.55. The van der Waals surface area contributed by atoms with Crippen molar-refractivity contribution in [3.63, 3.8) is 0 Å². The van der Waals surface area contributed by atoms with Crippen molar-refractivity contribution in [3.8, 4) is 11.3 Å². The van der Waals surface area contributed by atoms with E-state index in [0.717, 1.165) is 24.1 Å². The summed E-state index contributed by atoms with van der Waals surface area (Å²) in [6, 6.07) is 13.9. The zero-order chi connectivity index (χ0) is 17.8. The number of benzene rings is 1. The number of nitrogens with zero attached hydrogens (tertiary/aromatic N) is 2. The van der Waals surface area contributed by atoms with Crippen molar-refractivity contribution in [3.05, 3.63) is 48.2 Å². The first-order chi connectivity index (χ1) is 12.1. The summed E-state index contributed by atoms with van der Waals surface area (Å²) in [5, 5.41) is 2.87. The minimum absolute atomic E-state index is 0.00122. The first-order valence-corrected chi connectivity index (χ1v) is 8.90. The molecule has 5 heteroatoms. The molecule has 0 bridgehead atoms. The van der Waals surface area contributed by atoms with Crippen molar-refractivity contribution in [1.29, 1.82) is 0 Å². The molecule has 2 heterocycles. The minimum Gasteiger partial charge on any atom is -0.356 e. The number of amides is 2. The van der Waals surface area contributed by atoms with Gasteiger partial charge in [0.25, 0.3) is 5.91 Å². The molecule has 5 nitrogen and oxygen atoms in total. The predicted molar refractivity (Wildman–Crippen MR) is 98.2 cm³/mol. The van der Waals surface area contributed by atoms with E-state index in [-0.39, 0.29) is 17.7 Å². The van der Waals surface area contributed by atoms with Gasteiger partial charge >= 0.3 is 0 Å². The Morgan fingerprint density at radius 3 is 2.64 bits per heavy atom. The average molecular weight is 339 g/mol. The summed E-state index contributed by atoms with van der Waals surface area (Å²) in [7, 11) is 1.92. The lowest BCUT2D eigenvalue weighted by Gasteiger charge is -2.32. The van der Waals surface area contributed by atoms with Crippen LogP contribution in [0.5, 0.6) is 0 Å². The summed E-state index contributed by atoms with van der Waals surface area (Å²) >= 11 is 0. The second-order valence-corrected chi connectivity index (χ2v) is 6.51. The molecule has 1 aromatic carbocycles. The third-order valence-corrected chi connectivity index (χ3v) is 4.84. The molecule has 1 N–H and O–H groups in total. The number of hydrogen-bond donors (Lipinski definition) is 1. The SMILES string of the molecule is CCNC(=O)C1CCCN(C(=O)c2ccc(-c3ccccc3)n2C)C1. The van der Waals surface area contributed by atoms with Gasteiger partial charge in [0, 0.05) is 32.4 Å². The summed E-state index contributed by atoms with van der Waals surface area (Å²) in [6.07, 6.45) is 1.71. The van der Waals surface area contributed by atoms with Crippen LogP contribution < -0.4 is 5.32 Å². The minimum atomic E-state index is -0.105. The van der Waals surface area contributed by atoms with Gasteiger partial charge in [0.1, 0.15) is 5.69 Å². The molecule has 1 aliphatic heterocycles. The molecule has 1 saturated heterocycles. The van der Waals surface area contributed by atoms with Gasteiger partial charge in [-0.2, -0.15) is 0 Å². The van der Waals surface area contributed by atoms with Crippen molar-refractivity contribution >= 4 is 11.8 Å². The van der Waals surface area contributed by atoms with E-state index in [1.165, 1.54) is 0 Å². The lowest BCUT2D eigenvalue weighted by atomic mass is 9.97. The van der Waals surface area contributed by atoms with Crippen molar-refractivity contribution in [1.82, 2.24) is 14.8 Å². The van der Waals surface area contributed by atoms with Crippen molar-refractivity contribution in [2.24, 2.45) is 13.0 Å². The van der Waals surface area contributed by atoms with Gasteiger partial charge in [-0.25, -0.2) is 0 Å². The number of piperidine rings is 1. The standard InChI is InChI=1S/C20H25N3O2/c1-3-21-19(24)16-10-7-13-23(14-16)20(25)18-12-11-17(22(18)2)15-8-5-4-6-9-15/h4-6,8-9,11-12,16H,3,7,10,13-14H2,1-2H3,(H,21,24). The Morgan fingerprint density at radius 1 is 1.16 bits per heavy atom. The molecule has 2 amide bonds. The van der Waals surface area contributed by atoms with Crippen LogP contribution in [-0.4, -0.2) is 40.9 Å². The number of likely N-dealkylation sites (tertiary alicyclic amines) is 1. The Labute approximate surface area is 148 Å². The predicted octanol–water partition coefficient (Wildman–Crippen LogP) is 2.68. The van der Waals surface area contributed by atoms with Gasteiger partial charge in [-0.1, -0.05) is 30.3 Å². The fraction of sp³-hybridized carbons (Fsp3) is 0.400. The smallest absolute Gasteiger partial charge is 0.270 e. The summed E-state index contributed by atoms with van der Waals surface area (Å²) in [6.45, 7) is 3.75. The molecule has 3 rings (SSSR count). The first kappa shape index (κ1) is 17.3. The maximum Gasteiger partial charge on any atom is 0.270 e. The zero-order valence-electron chi connectivity index (χ0n) is 14.9. The third kappa shape index (κ3) is 3.60. The van der Waals surface area contributed by atoms with E-state index in [0.29, 0.717) is 25.3 Å². The Kier molecular flexibility index (Phi) is 5.22. The molecule has 1 aromatic heterocycles. The molecule has 1 atom stereocenters. The molecule has 1 fully saturated rings. The monoisotopic (exact) mass is 339 g/mol. The van der Waals surface area contributed by atoms with Crippen molar-refractivity contribution in [2.45, 2.75) is 19.8 Å². The van der Waals surface area contributed by atoms with Gasteiger partial charge in [-0.3, -0.25) is 9.59 Å². The molecule has 0 saturated carbocycles. The lowest BCUT2D eigenvalue weighted by molar-refractivity contribution is -0.126. The van der Waals surface area contributed by atoms with Crippen molar-refractivity contribution < 1.29 is 9.59 Å². The van der Waals surface area contributed by atoms with Gasteiger partial charge in [-0.15, -0.1) is 0 Å². The Bertz CT molecular complexity index is 752. The Morgan fingerprint density at radius 2 is 1.92 bits per heavy atom. The van der Waals surface area contributed by atoms with Crippen LogP contribution in [0.4, 0.5) is 0 Å². The average Bonchev–Trinajstić information content (AvgIpc) is 3.03. The van der Waals surface area contributed by atoms with Crippen LogP contribution >= 0.6 is 0 Å². The van der Waals surface area contributed by atoms with Crippen LogP contribution in [0.25, 0.3) is 11.3 Å². The maximum atomic E-state index is 13.0. The largest absolute Gasteiger partial charge is 0.356 e. The van der Waals surface area contributed by atoms with Gasteiger partial charge in [-0.05, 0) is 37.5 Å². The van der Waals surface area contributed by atoms with E-state index in [1.807, 2.05) is 65.9 Å². The van der Waals surface area contributed by atoms with Crippen LogP contribution in [0.2, 0.25) is 0 Å². The van der Waals surface area contributed by atoms with E-state index in [4.69, 9.17) is 0 Å². The van der Waals surface area contributed by atoms with E-state index in [9.17, 15) is 9.59 Å².